The molecule has 0 saturated carbocycles. The lowest BCUT2D eigenvalue weighted by atomic mass is 10.0. The summed E-state index contributed by atoms with van der Waals surface area (Å²) in [6.07, 6.45) is 0. The van der Waals surface area contributed by atoms with E-state index in [1.54, 1.807) is 43.5 Å². The minimum atomic E-state index is 0.292. The summed E-state index contributed by atoms with van der Waals surface area (Å²) >= 11 is 11.9. The molecule has 0 fully saturated rings. The van der Waals surface area contributed by atoms with Crippen LogP contribution in [-0.4, -0.2) is 18.0 Å². The highest BCUT2D eigenvalue weighted by atomic mass is 35.5. The van der Waals surface area contributed by atoms with E-state index in [2.05, 4.69) is 5.16 Å². The molecule has 0 atom stereocenters. The van der Waals surface area contributed by atoms with Crippen molar-refractivity contribution in [1.29, 1.82) is 0 Å². The van der Waals surface area contributed by atoms with E-state index in [4.69, 9.17) is 33.7 Å². The molecule has 3 N–H and O–H groups in total. The number of ether oxygens (including phenoxy) is 1. The molecule has 0 unspecified atom stereocenters. The van der Waals surface area contributed by atoms with E-state index < -0.39 is 0 Å². The summed E-state index contributed by atoms with van der Waals surface area (Å²) in [6.45, 7) is 0. The zero-order chi connectivity index (χ0) is 14.7. The number of nitrogens with two attached hydrogens (primary N) is 1. The first-order valence-corrected chi connectivity index (χ1v) is 6.43. The van der Waals surface area contributed by atoms with E-state index in [9.17, 15) is 5.21 Å². The van der Waals surface area contributed by atoms with E-state index in [-0.39, 0.29) is 0 Å². The maximum absolute atomic E-state index is 9.30. The zero-order valence-corrected chi connectivity index (χ0v) is 12.1. The Bertz CT molecular complexity index is 672. The summed E-state index contributed by atoms with van der Waals surface area (Å²) in [5.74, 6) is 0.607. The van der Waals surface area contributed by atoms with Crippen molar-refractivity contribution in [3.05, 3.63) is 57.6 Å². The second-order valence-corrected chi connectivity index (χ2v) is 4.85. The predicted octanol–water partition coefficient (Wildman–Crippen LogP) is 3.81. The van der Waals surface area contributed by atoms with Crippen LogP contribution in [-0.2, 0) is 0 Å². The summed E-state index contributed by atoms with van der Waals surface area (Å²) in [6, 6.07) is 10.0. The molecule has 0 bridgehead atoms. The predicted molar refractivity (Wildman–Crippen MR) is 81.3 cm³/mol. The average Bonchev–Trinajstić information content (AvgIpc) is 2.45. The van der Waals surface area contributed by atoms with Gasteiger partial charge in [-0.15, -0.1) is 0 Å². The van der Waals surface area contributed by atoms with Crippen molar-refractivity contribution in [2.75, 3.05) is 12.8 Å². The van der Waals surface area contributed by atoms with Gasteiger partial charge in [0.25, 0.3) is 0 Å². The van der Waals surface area contributed by atoms with Crippen LogP contribution in [0.4, 0.5) is 5.69 Å². The van der Waals surface area contributed by atoms with Crippen molar-refractivity contribution < 1.29 is 9.94 Å². The van der Waals surface area contributed by atoms with Gasteiger partial charge in [0.2, 0.25) is 0 Å². The molecule has 2 aromatic rings. The molecule has 0 heterocycles. The number of oxime groups is 1. The van der Waals surface area contributed by atoms with Crippen LogP contribution < -0.4 is 10.5 Å². The zero-order valence-electron chi connectivity index (χ0n) is 10.6. The van der Waals surface area contributed by atoms with Gasteiger partial charge in [-0.1, -0.05) is 34.4 Å². The fourth-order valence-corrected chi connectivity index (χ4v) is 2.08. The van der Waals surface area contributed by atoms with Crippen molar-refractivity contribution in [2.45, 2.75) is 0 Å². The van der Waals surface area contributed by atoms with Gasteiger partial charge in [-0.25, -0.2) is 0 Å². The average molecular weight is 311 g/mol. The van der Waals surface area contributed by atoms with Crippen molar-refractivity contribution >= 4 is 34.6 Å². The molecule has 104 valence electrons. The molecule has 4 nitrogen and oxygen atoms in total. The van der Waals surface area contributed by atoms with E-state index in [1.165, 1.54) is 0 Å². The first kappa shape index (κ1) is 14.5. The lowest BCUT2D eigenvalue weighted by Crippen LogP contribution is -2.07. The highest BCUT2D eigenvalue weighted by Crippen LogP contribution is 2.27. The number of hydrogen-bond acceptors (Lipinski definition) is 4. The molecule has 6 heteroatoms. The molecular formula is C14H12Cl2N2O2. The van der Waals surface area contributed by atoms with Gasteiger partial charge in [0, 0.05) is 16.8 Å². The fraction of sp³-hybridized carbons (Fsp3) is 0.0714. The first-order chi connectivity index (χ1) is 9.56. The van der Waals surface area contributed by atoms with E-state index in [0.29, 0.717) is 38.3 Å². The summed E-state index contributed by atoms with van der Waals surface area (Å²) in [7, 11) is 1.55. The third-order valence-corrected chi connectivity index (χ3v) is 3.55. The van der Waals surface area contributed by atoms with Crippen molar-refractivity contribution in [1.82, 2.24) is 0 Å². The number of nitrogens with zero attached hydrogens (tertiary/aromatic N) is 1. The molecule has 2 aromatic carbocycles. The van der Waals surface area contributed by atoms with Crippen LogP contribution in [0.1, 0.15) is 11.1 Å². The van der Waals surface area contributed by atoms with Crippen molar-refractivity contribution in [2.24, 2.45) is 5.16 Å². The first-order valence-electron chi connectivity index (χ1n) is 5.68. The maximum atomic E-state index is 9.30. The lowest BCUT2D eigenvalue weighted by Gasteiger charge is -2.10. The third kappa shape index (κ3) is 2.81. The van der Waals surface area contributed by atoms with Crippen LogP contribution in [0.3, 0.4) is 0 Å². The number of anilines is 1. The number of hydrogen-bond donors (Lipinski definition) is 2. The Morgan fingerprint density at radius 3 is 2.50 bits per heavy atom. The van der Waals surface area contributed by atoms with Gasteiger partial charge in [0.15, 0.2) is 0 Å². The fourth-order valence-electron chi connectivity index (χ4n) is 1.78. The number of halogens is 2. The van der Waals surface area contributed by atoms with Crippen molar-refractivity contribution in [3.8, 4) is 5.75 Å². The number of nitrogen functional groups attached to an aromatic ring is 1. The van der Waals surface area contributed by atoms with Gasteiger partial charge in [-0.2, -0.15) is 0 Å². The van der Waals surface area contributed by atoms with Crippen LogP contribution in [0.25, 0.3) is 0 Å². The minimum absolute atomic E-state index is 0.292. The monoisotopic (exact) mass is 310 g/mol. The van der Waals surface area contributed by atoms with Crippen LogP contribution >= 0.6 is 23.2 Å². The van der Waals surface area contributed by atoms with Crippen LogP contribution in [0.5, 0.6) is 5.75 Å². The molecule has 2 rings (SSSR count). The molecule has 0 spiro atoms. The summed E-state index contributed by atoms with van der Waals surface area (Å²) in [4.78, 5) is 0. The largest absolute Gasteiger partial charge is 0.497 e. The normalized spacial score (nSPS) is 11.4. The highest BCUT2D eigenvalue weighted by Gasteiger charge is 2.14. The Labute approximate surface area is 126 Å². The van der Waals surface area contributed by atoms with E-state index >= 15 is 0 Å². The molecule has 0 radical (unpaired) electrons. The van der Waals surface area contributed by atoms with Gasteiger partial charge in [-0.3, -0.25) is 0 Å². The van der Waals surface area contributed by atoms with Gasteiger partial charge in [-0.05, 0) is 30.3 Å². The molecule has 20 heavy (non-hydrogen) atoms. The number of methoxy groups -OCH3 is 1. The molecule has 0 aliphatic carbocycles. The Morgan fingerprint density at radius 1 is 1.15 bits per heavy atom. The SMILES string of the molecule is COc1ccc(N)c(/C(=N/O)c2ccc(Cl)c(Cl)c2)c1. The van der Waals surface area contributed by atoms with Crippen LogP contribution in [0.2, 0.25) is 10.0 Å². The number of rotatable bonds is 3. The maximum Gasteiger partial charge on any atom is 0.119 e. The number of benzene rings is 2. The van der Waals surface area contributed by atoms with Gasteiger partial charge < -0.3 is 15.7 Å². The second kappa shape index (κ2) is 6.03. The smallest absolute Gasteiger partial charge is 0.119 e. The second-order valence-electron chi connectivity index (χ2n) is 4.03. The van der Waals surface area contributed by atoms with Gasteiger partial charge in [0.05, 0.1) is 17.2 Å². The molecule has 0 aliphatic rings. The molecular weight excluding hydrogens is 299 g/mol. The lowest BCUT2D eigenvalue weighted by molar-refractivity contribution is 0.319. The minimum Gasteiger partial charge on any atom is -0.497 e. The van der Waals surface area contributed by atoms with Gasteiger partial charge in [0.1, 0.15) is 11.5 Å². The van der Waals surface area contributed by atoms with Crippen LogP contribution in [0.15, 0.2) is 41.6 Å². The standard InChI is InChI=1S/C14H12Cl2N2O2/c1-20-9-3-5-13(17)10(7-9)14(18-19)8-2-4-11(15)12(16)6-8/h2-7,19H,17H2,1H3/b18-14+. The topological polar surface area (TPSA) is 67.8 Å². The Balaban J connectivity index is 2.55. The highest BCUT2D eigenvalue weighted by molar-refractivity contribution is 6.42. The summed E-state index contributed by atoms with van der Waals surface area (Å²) < 4.78 is 5.14. The molecule has 0 aliphatic heterocycles. The Morgan fingerprint density at radius 2 is 1.90 bits per heavy atom. The van der Waals surface area contributed by atoms with E-state index in [0.717, 1.165) is 0 Å². The Hall–Kier alpha value is -1.91. The third-order valence-electron chi connectivity index (χ3n) is 2.81. The molecule has 0 saturated heterocycles. The van der Waals surface area contributed by atoms with Gasteiger partial charge >= 0.3 is 0 Å². The van der Waals surface area contributed by atoms with Crippen LogP contribution in [0, 0.1) is 0 Å². The van der Waals surface area contributed by atoms with Crippen molar-refractivity contribution in [3.63, 3.8) is 0 Å². The summed E-state index contributed by atoms with van der Waals surface area (Å²) in [5.41, 5.74) is 7.82. The molecule has 0 amide bonds. The molecule has 0 aromatic heterocycles. The van der Waals surface area contributed by atoms with E-state index in [1.807, 2.05) is 0 Å². The Kier molecular flexibility index (Phi) is 4.37. The quantitative estimate of drug-likeness (QED) is 0.392. The summed E-state index contributed by atoms with van der Waals surface area (Å²) in [5, 5.41) is 13.4.